The number of hydrogen-bond acceptors (Lipinski definition) is 4. The predicted octanol–water partition coefficient (Wildman–Crippen LogP) is 0.343. The van der Waals surface area contributed by atoms with Gasteiger partial charge in [0.1, 0.15) is 12.0 Å². The molecular formula is C12H16N2O3. The summed E-state index contributed by atoms with van der Waals surface area (Å²) in [6, 6.07) is 6.72. The van der Waals surface area contributed by atoms with E-state index in [9.17, 15) is 9.59 Å². The molecule has 0 atom stereocenters. The lowest BCUT2D eigenvalue weighted by Gasteiger charge is -2.06. The van der Waals surface area contributed by atoms with Gasteiger partial charge in [-0.3, -0.25) is 9.59 Å². The molecule has 5 nitrogen and oxygen atoms in total. The molecule has 0 saturated heterocycles. The van der Waals surface area contributed by atoms with Gasteiger partial charge in [-0.05, 0) is 24.3 Å². The first-order valence-electron chi connectivity index (χ1n) is 5.41. The van der Waals surface area contributed by atoms with Crippen molar-refractivity contribution in [3.8, 4) is 5.75 Å². The van der Waals surface area contributed by atoms with Crippen molar-refractivity contribution in [1.29, 1.82) is 0 Å². The molecule has 0 radical (unpaired) electrons. The van der Waals surface area contributed by atoms with Gasteiger partial charge in [0.25, 0.3) is 0 Å². The van der Waals surface area contributed by atoms with Crippen LogP contribution in [0.1, 0.15) is 16.8 Å². The highest BCUT2D eigenvalue weighted by atomic mass is 16.5. The molecule has 0 fully saturated rings. The van der Waals surface area contributed by atoms with Crippen molar-refractivity contribution in [2.24, 2.45) is 5.73 Å². The van der Waals surface area contributed by atoms with E-state index in [1.807, 2.05) is 0 Å². The molecule has 0 aliphatic rings. The molecule has 0 aromatic heterocycles. The van der Waals surface area contributed by atoms with E-state index in [2.05, 4.69) is 5.32 Å². The van der Waals surface area contributed by atoms with E-state index >= 15 is 0 Å². The van der Waals surface area contributed by atoms with Gasteiger partial charge in [-0.2, -0.15) is 0 Å². The smallest absolute Gasteiger partial charge is 0.223 e. The Morgan fingerprint density at radius 2 is 2.06 bits per heavy atom. The first-order valence-corrected chi connectivity index (χ1v) is 5.41. The normalized spacial score (nSPS) is 9.71. The summed E-state index contributed by atoms with van der Waals surface area (Å²) >= 11 is 0. The van der Waals surface area contributed by atoms with Gasteiger partial charge >= 0.3 is 0 Å². The highest BCUT2D eigenvalue weighted by Crippen LogP contribution is 2.11. The zero-order chi connectivity index (χ0) is 12.5. The van der Waals surface area contributed by atoms with Crippen LogP contribution in [-0.2, 0) is 4.79 Å². The molecule has 1 aromatic rings. The van der Waals surface area contributed by atoms with E-state index in [0.717, 1.165) is 6.29 Å². The van der Waals surface area contributed by atoms with Gasteiger partial charge in [0.05, 0.1) is 13.0 Å². The Morgan fingerprint density at radius 3 is 2.65 bits per heavy atom. The van der Waals surface area contributed by atoms with Crippen LogP contribution in [0.25, 0.3) is 0 Å². The van der Waals surface area contributed by atoms with E-state index in [4.69, 9.17) is 10.5 Å². The van der Waals surface area contributed by atoms with Crippen LogP contribution in [-0.4, -0.2) is 31.9 Å². The second-order valence-electron chi connectivity index (χ2n) is 3.42. The molecule has 3 N–H and O–H groups in total. The topological polar surface area (TPSA) is 81.4 Å². The van der Waals surface area contributed by atoms with Gasteiger partial charge in [-0.15, -0.1) is 0 Å². The van der Waals surface area contributed by atoms with Crippen molar-refractivity contribution in [2.45, 2.75) is 6.42 Å². The minimum Gasteiger partial charge on any atom is -0.493 e. The second-order valence-corrected chi connectivity index (χ2v) is 3.42. The lowest BCUT2D eigenvalue weighted by molar-refractivity contribution is -0.121. The van der Waals surface area contributed by atoms with E-state index in [1.54, 1.807) is 24.3 Å². The number of nitrogens with one attached hydrogen (secondary N) is 1. The summed E-state index contributed by atoms with van der Waals surface area (Å²) in [6.07, 6.45) is 1.06. The van der Waals surface area contributed by atoms with Crippen LogP contribution in [0.3, 0.4) is 0 Å². The summed E-state index contributed by atoms with van der Waals surface area (Å²) in [7, 11) is 0. The van der Waals surface area contributed by atoms with Gasteiger partial charge in [-0.1, -0.05) is 0 Å². The number of nitrogens with two attached hydrogens (primary N) is 1. The van der Waals surface area contributed by atoms with E-state index in [-0.39, 0.29) is 12.3 Å². The number of benzene rings is 1. The van der Waals surface area contributed by atoms with Crippen LogP contribution in [0, 0.1) is 0 Å². The van der Waals surface area contributed by atoms with Gasteiger partial charge in [0, 0.05) is 18.7 Å². The number of hydrogen-bond donors (Lipinski definition) is 2. The van der Waals surface area contributed by atoms with Crippen LogP contribution >= 0.6 is 0 Å². The van der Waals surface area contributed by atoms with Crippen molar-refractivity contribution in [3.63, 3.8) is 0 Å². The summed E-state index contributed by atoms with van der Waals surface area (Å²) in [4.78, 5) is 21.6. The average Bonchev–Trinajstić information content (AvgIpc) is 2.37. The van der Waals surface area contributed by atoms with E-state index in [0.29, 0.717) is 31.0 Å². The first-order chi connectivity index (χ1) is 8.26. The summed E-state index contributed by atoms with van der Waals surface area (Å²) in [6.45, 7) is 1.21. The highest BCUT2D eigenvalue weighted by molar-refractivity contribution is 5.76. The predicted molar refractivity (Wildman–Crippen MR) is 64.0 cm³/mol. The largest absolute Gasteiger partial charge is 0.493 e. The molecule has 1 rings (SSSR count). The monoisotopic (exact) mass is 236 g/mol. The van der Waals surface area contributed by atoms with Crippen LogP contribution in [0.15, 0.2) is 24.3 Å². The van der Waals surface area contributed by atoms with E-state index < -0.39 is 0 Å². The summed E-state index contributed by atoms with van der Waals surface area (Å²) in [5, 5.41) is 2.65. The van der Waals surface area contributed by atoms with Crippen molar-refractivity contribution in [2.75, 3.05) is 19.7 Å². The quantitative estimate of drug-likeness (QED) is 0.669. The number of ether oxygens (including phenoxy) is 1. The van der Waals surface area contributed by atoms with Crippen LogP contribution in [0.4, 0.5) is 0 Å². The Morgan fingerprint density at radius 1 is 1.35 bits per heavy atom. The summed E-state index contributed by atoms with van der Waals surface area (Å²) in [5.74, 6) is 0.558. The number of rotatable bonds is 7. The van der Waals surface area contributed by atoms with Crippen molar-refractivity contribution in [1.82, 2.24) is 5.32 Å². The molecule has 0 bridgehead atoms. The molecule has 0 aliphatic heterocycles. The minimum atomic E-state index is -0.0834. The Bertz CT molecular complexity index is 363. The molecule has 0 saturated carbocycles. The second kappa shape index (κ2) is 7.40. The third-order valence-corrected chi connectivity index (χ3v) is 2.08. The van der Waals surface area contributed by atoms with Crippen molar-refractivity contribution >= 4 is 12.2 Å². The molecule has 0 spiro atoms. The maximum atomic E-state index is 11.2. The summed E-state index contributed by atoms with van der Waals surface area (Å²) in [5.41, 5.74) is 5.84. The SMILES string of the molecule is NCCNC(=O)CCOc1ccc(C=O)cc1. The maximum absolute atomic E-state index is 11.2. The lowest BCUT2D eigenvalue weighted by atomic mass is 10.2. The van der Waals surface area contributed by atoms with Crippen molar-refractivity contribution in [3.05, 3.63) is 29.8 Å². The highest BCUT2D eigenvalue weighted by Gasteiger charge is 2.00. The van der Waals surface area contributed by atoms with Gasteiger partial charge in [0.2, 0.25) is 5.91 Å². The molecule has 0 heterocycles. The fourth-order valence-corrected chi connectivity index (χ4v) is 1.20. The number of amides is 1. The minimum absolute atomic E-state index is 0.0834. The molecule has 0 unspecified atom stereocenters. The van der Waals surface area contributed by atoms with Crippen LogP contribution < -0.4 is 15.8 Å². The zero-order valence-electron chi connectivity index (χ0n) is 9.52. The molecule has 1 aromatic carbocycles. The molecular weight excluding hydrogens is 220 g/mol. The Hall–Kier alpha value is -1.88. The average molecular weight is 236 g/mol. The molecule has 1 amide bonds. The van der Waals surface area contributed by atoms with Crippen LogP contribution in [0.2, 0.25) is 0 Å². The summed E-state index contributed by atoms with van der Waals surface area (Å²) < 4.78 is 5.35. The lowest BCUT2D eigenvalue weighted by Crippen LogP contribution is -2.29. The van der Waals surface area contributed by atoms with Gasteiger partial charge < -0.3 is 15.8 Å². The number of carbonyl (C=O) groups excluding carboxylic acids is 2. The maximum Gasteiger partial charge on any atom is 0.223 e. The first kappa shape index (κ1) is 13.2. The molecule has 5 heteroatoms. The zero-order valence-corrected chi connectivity index (χ0v) is 9.52. The fraction of sp³-hybridized carbons (Fsp3) is 0.333. The fourth-order valence-electron chi connectivity index (χ4n) is 1.20. The van der Waals surface area contributed by atoms with Gasteiger partial charge in [0.15, 0.2) is 0 Å². The number of aldehydes is 1. The Kier molecular flexibility index (Phi) is 5.74. The standard InChI is InChI=1S/C12H16N2O3/c13-6-7-14-12(16)5-8-17-11-3-1-10(9-15)2-4-11/h1-4,9H,5-8,13H2,(H,14,16). The Balaban J connectivity index is 2.25. The Labute approximate surface area is 99.9 Å². The van der Waals surface area contributed by atoms with Gasteiger partial charge in [-0.25, -0.2) is 0 Å². The molecule has 17 heavy (non-hydrogen) atoms. The number of carbonyl (C=O) groups is 2. The van der Waals surface area contributed by atoms with E-state index in [1.165, 1.54) is 0 Å². The molecule has 0 aliphatic carbocycles. The third kappa shape index (κ3) is 5.12. The molecule has 92 valence electrons. The van der Waals surface area contributed by atoms with Crippen molar-refractivity contribution < 1.29 is 14.3 Å². The van der Waals surface area contributed by atoms with Crippen LogP contribution in [0.5, 0.6) is 5.75 Å². The third-order valence-electron chi connectivity index (χ3n) is 2.08.